The van der Waals surface area contributed by atoms with Gasteiger partial charge in [0, 0.05) is 32.1 Å². The van der Waals surface area contributed by atoms with Crippen molar-refractivity contribution in [1.29, 1.82) is 0 Å². The molecule has 0 fully saturated rings. The van der Waals surface area contributed by atoms with E-state index in [-0.39, 0.29) is 5.91 Å². The standard InChI is InChI=1S/C12H19BrN2O3/c1-15(7-5-3-4-6-13)12(16)11-8-10(9-17-2)18-14-11/h8H,3-7,9H2,1-2H3. The Labute approximate surface area is 116 Å². The van der Waals surface area contributed by atoms with Crippen LogP contribution in [0, 0.1) is 0 Å². The SMILES string of the molecule is COCc1cc(C(=O)N(C)CCCCCBr)no1. The van der Waals surface area contributed by atoms with E-state index in [1.165, 1.54) is 0 Å². The van der Waals surface area contributed by atoms with Crippen LogP contribution in [-0.2, 0) is 11.3 Å². The Morgan fingerprint density at radius 1 is 1.50 bits per heavy atom. The van der Waals surface area contributed by atoms with Gasteiger partial charge in [-0.3, -0.25) is 4.79 Å². The number of rotatable bonds is 8. The molecule has 0 saturated carbocycles. The summed E-state index contributed by atoms with van der Waals surface area (Å²) >= 11 is 3.38. The number of ether oxygens (including phenoxy) is 1. The number of halogens is 1. The quantitative estimate of drug-likeness (QED) is 0.545. The second kappa shape index (κ2) is 8.26. The van der Waals surface area contributed by atoms with Crippen LogP contribution >= 0.6 is 15.9 Å². The van der Waals surface area contributed by atoms with E-state index in [0.717, 1.165) is 31.1 Å². The molecule has 1 amide bonds. The van der Waals surface area contributed by atoms with Crippen LogP contribution in [0.5, 0.6) is 0 Å². The maximum atomic E-state index is 12.0. The van der Waals surface area contributed by atoms with Crippen molar-refractivity contribution in [2.45, 2.75) is 25.9 Å². The van der Waals surface area contributed by atoms with Gasteiger partial charge in [-0.15, -0.1) is 0 Å². The van der Waals surface area contributed by atoms with Crippen LogP contribution in [0.1, 0.15) is 35.5 Å². The van der Waals surface area contributed by atoms with Gasteiger partial charge in [0.2, 0.25) is 0 Å². The fourth-order valence-corrected chi connectivity index (χ4v) is 1.94. The summed E-state index contributed by atoms with van der Waals surface area (Å²) in [5, 5.41) is 4.75. The molecule has 18 heavy (non-hydrogen) atoms. The minimum atomic E-state index is -0.111. The smallest absolute Gasteiger partial charge is 0.275 e. The monoisotopic (exact) mass is 318 g/mol. The van der Waals surface area contributed by atoms with Crippen LogP contribution in [0.4, 0.5) is 0 Å². The van der Waals surface area contributed by atoms with Gasteiger partial charge in [0.1, 0.15) is 6.61 Å². The zero-order chi connectivity index (χ0) is 13.4. The molecule has 6 heteroatoms. The number of amides is 1. The second-order valence-electron chi connectivity index (χ2n) is 4.09. The average molecular weight is 319 g/mol. The Kier molecular flexibility index (Phi) is 6.97. The van der Waals surface area contributed by atoms with Crippen LogP contribution in [0.15, 0.2) is 10.6 Å². The van der Waals surface area contributed by atoms with E-state index in [0.29, 0.717) is 18.1 Å². The number of hydrogen-bond acceptors (Lipinski definition) is 4. The molecule has 0 spiro atoms. The van der Waals surface area contributed by atoms with Gasteiger partial charge in [-0.2, -0.15) is 0 Å². The topological polar surface area (TPSA) is 55.6 Å². The molecule has 0 aromatic carbocycles. The van der Waals surface area contributed by atoms with Gasteiger partial charge in [0.15, 0.2) is 11.5 Å². The summed E-state index contributed by atoms with van der Waals surface area (Å²) in [5.74, 6) is 0.452. The molecular weight excluding hydrogens is 300 g/mol. The molecule has 1 rings (SSSR count). The van der Waals surface area contributed by atoms with Crippen LogP contribution in [0.3, 0.4) is 0 Å². The Morgan fingerprint density at radius 2 is 2.28 bits per heavy atom. The lowest BCUT2D eigenvalue weighted by molar-refractivity contribution is 0.0782. The molecule has 0 bridgehead atoms. The molecule has 0 aliphatic carbocycles. The molecule has 5 nitrogen and oxygen atoms in total. The van der Waals surface area contributed by atoms with Gasteiger partial charge in [-0.05, 0) is 12.8 Å². The van der Waals surface area contributed by atoms with Crippen LogP contribution < -0.4 is 0 Å². The maximum absolute atomic E-state index is 12.0. The zero-order valence-corrected chi connectivity index (χ0v) is 12.4. The minimum Gasteiger partial charge on any atom is -0.377 e. The molecule has 102 valence electrons. The highest BCUT2D eigenvalue weighted by Crippen LogP contribution is 2.08. The van der Waals surface area contributed by atoms with Crippen LogP contribution in [-0.4, -0.2) is 42.0 Å². The number of hydrogen-bond donors (Lipinski definition) is 0. The van der Waals surface area contributed by atoms with E-state index in [2.05, 4.69) is 21.1 Å². The lowest BCUT2D eigenvalue weighted by Gasteiger charge is -2.14. The predicted molar refractivity (Wildman–Crippen MR) is 71.8 cm³/mol. The van der Waals surface area contributed by atoms with Crippen molar-refractivity contribution >= 4 is 21.8 Å². The molecule has 0 radical (unpaired) electrons. The number of methoxy groups -OCH3 is 1. The first kappa shape index (κ1) is 15.2. The van der Waals surface area contributed by atoms with E-state index in [4.69, 9.17) is 9.26 Å². The van der Waals surface area contributed by atoms with E-state index >= 15 is 0 Å². The van der Waals surface area contributed by atoms with Crippen molar-refractivity contribution in [3.05, 3.63) is 17.5 Å². The van der Waals surface area contributed by atoms with Gasteiger partial charge < -0.3 is 14.2 Å². The third-order valence-electron chi connectivity index (χ3n) is 2.54. The second-order valence-corrected chi connectivity index (χ2v) is 4.88. The van der Waals surface area contributed by atoms with E-state index in [1.807, 2.05) is 0 Å². The number of aromatic nitrogens is 1. The first-order chi connectivity index (χ1) is 8.69. The fourth-order valence-electron chi connectivity index (χ4n) is 1.54. The normalized spacial score (nSPS) is 10.6. The Balaban J connectivity index is 2.41. The number of nitrogens with zero attached hydrogens (tertiary/aromatic N) is 2. The molecule has 1 aromatic heterocycles. The Morgan fingerprint density at radius 3 is 2.94 bits per heavy atom. The van der Waals surface area contributed by atoms with Gasteiger partial charge in [0.05, 0.1) is 0 Å². The van der Waals surface area contributed by atoms with E-state index in [1.54, 1.807) is 25.1 Å². The summed E-state index contributed by atoms with van der Waals surface area (Å²) in [6.07, 6.45) is 3.23. The molecule has 0 saturated heterocycles. The van der Waals surface area contributed by atoms with Crippen molar-refractivity contribution in [2.24, 2.45) is 0 Å². The zero-order valence-electron chi connectivity index (χ0n) is 10.8. The van der Waals surface area contributed by atoms with Gasteiger partial charge in [-0.1, -0.05) is 27.5 Å². The van der Waals surface area contributed by atoms with Crippen LogP contribution in [0.2, 0.25) is 0 Å². The molecule has 0 N–H and O–H groups in total. The van der Waals surface area contributed by atoms with Crippen molar-refractivity contribution in [2.75, 3.05) is 26.0 Å². The molecule has 0 aliphatic rings. The van der Waals surface area contributed by atoms with Crippen LogP contribution in [0.25, 0.3) is 0 Å². The number of carbonyl (C=O) groups is 1. The number of carbonyl (C=O) groups excluding carboxylic acids is 1. The summed E-state index contributed by atoms with van der Waals surface area (Å²) in [4.78, 5) is 13.6. The third kappa shape index (κ3) is 4.78. The average Bonchev–Trinajstić information content (AvgIpc) is 2.82. The van der Waals surface area contributed by atoms with E-state index < -0.39 is 0 Å². The van der Waals surface area contributed by atoms with Gasteiger partial charge >= 0.3 is 0 Å². The maximum Gasteiger partial charge on any atom is 0.275 e. The number of unbranched alkanes of at least 4 members (excludes halogenated alkanes) is 2. The lowest BCUT2D eigenvalue weighted by atomic mass is 10.2. The summed E-state index contributed by atoms with van der Waals surface area (Å²) in [7, 11) is 3.35. The molecule has 0 atom stereocenters. The number of alkyl halides is 1. The summed E-state index contributed by atoms with van der Waals surface area (Å²) in [6, 6.07) is 1.63. The summed E-state index contributed by atoms with van der Waals surface area (Å²) in [5.41, 5.74) is 0.338. The fraction of sp³-hybridized carbons (Fsp3) is 0.667. The summed E-state index contributed by atoms with van der Waals surface area (Å²) in [6.45, 7) is 1.06. The molecular formula is C12H19BrN2O3. The Bertz CT molecular complexity index is 368. The molecule has 1 aromatic rings. The van der Waals surface area contributed by atoms with Crippen molar-refractivity contribution in [3.63, 3.8) is 0 Å². The Hall–Kier alpha value is -0.880. The molecule has 0 aliphatic heterocycles. The summed E-state index contributed by atoms with van der Waals surface area (Å²) < 4.78 is 9.90. The first-order valence-electron chi connectivity index (χ1n) is 5.95. The minimum absolute atomic E-state index is 0.111. The van der Waals surface area contributed by atoms with Gasteiger partial charge in [-0.25, -0.2) is 0 Å². The highest BCUT2D eigenvalue weighted by molar-refractivity contribution is 9.09. The predicted octanol–water partition coefficient (Wildman–Crippen LogP) is 2.46. The van der Waals surface area contributed by atoms with Gasteiger partial charge in [0.25, 0.3) is 5.91 Å². The third-order valence-corrected chi connectivity index (χ3v) is 3.10. The van der Waals surface area contributed by atoms with Crippen molar-refractivity contribution < 1.29 is 14.1 Å². The lowest BCUT2D eigenvalue weighted by Crippen LogP contribution is -2.28. The highest BCUT2D eigenvalue weighted by atomic mass is 79.9. The van der Waals surface area contributed by atoms with E-state index in [9.17, 15) is 4.79 Å². The molecule has 1 heterocycles. The first-order valence-corrected chi connectivity index (χ1v) is 7.07. The largest absolute Gasteiger partial charge is 0.377 e. The van der Waals surface area contributed by atoms with Crippen molar-refractivity contribution in [1.82, 2.24) is 10.1 Å². The molecule has 0 unspecified atom stereocenters. The highest BCUT2D eigenvalue weighted by Gasteiger charge is 2.16. The van der Waals surface area contributed by atoms with Crippen molar-refractivity contribution in [3.8, 4) is 0 Å².